The molecule has 0 fully saturated rings. The number of nitrogens with zero attached hydrogens (tertiary/aromatic N) is 1. The van der Waals surface area contributed by atoms with Gasteiger partial charge in [-0.15, -0.1) is 11.6 Å². The SMILES string of the molecule is CCC(Cc1ccc([N+](=O)[O-])cc1Br)C(C)Cl. The zero-order valence-corrected chi connectivity index (χ0v) is 12.2. The topological polar surface area (TPSA) is 43.1 Å². The van der Waals surface area contributed by atoms with Gasteiger partial charge in [0, 0.05) is 22.0 Å². The first-order chi connectivity index (χ1) is 7.95. The van der Waals surface area contributed by atoms with Crippen molar-refractivity contribution in [3.8, 4) is 0 Å². The average molecular weight is 321 g/mol. The van der Waals surface area contributed by atoms with Crippen molar-refractivity contribution in [1.29, 1.82) is 0 Å². The van der Waals surface area contributed by atoms with Crippen LogP contribution in [0.5, 0.6) is 0 Å². The summed E-state index contributed by atoms with van der Waals surface area (Å²) < 4.78 is 0.780. The Bertz CT molecular complexity index is 409. The van der Waals surface area contributed by atoms with E-state index in [1.165, 1.54) is 6.07 Å². The second-order valence-electron chi connectivity index (χ2n) is 4.08. The summed E-state index contributed by atoms with van der Waals surface area (Å²) in [6.45, 7) is 4.08. The van der Waals surface area contributed by atoms with Crippen LogP contribution in [-0.2, 0) is 6.42 Å². The second-order valence-corrected chi connectivity index (χ2v) is 5.63. The van der Waals surface area contributed by atoms with Gasteiger partial charge in [-0.25, -0.2) is 0 Å². The van der Waals surface area contributed by atoms with Crippen molar-refractivity contribution in [3.63, 3.8) is 0 Å². The van der Waals surface area contributed by atoms with Gasteiger partial charge in [0.15, 0.2) is 0 Å². The van der Waals surface area contributed by atoms with E-state index in [0.717, 1.165) is 22.9 Å². The predicted octanol–water partition coefficient (Wildman–Crippen LogP) is 4.55. The molecule has 0 saturated carbocycles. The van der Waals surface area contributed by atoms with Gasteiger partial charge in [-0.2, -0.15) is 0 Å². The van der Waals surface area contributed by atoms with E-state index in [1.54, 1.807) is 12.1 Å². The van der Waals surface area contributed by atoms with Gasteiger partial charge in [-0.1, -0.05) is 35.3 Å². The molecule has 17 heavy (non-hydrogen) atoms. The van der Waals surface area contributed by atoms with E-state index < -0.39 is 4.92 Å². The number of nitro benzene ring substituents is 1. The lowest BCUT2D eigenvalue weighted by atomic mass is 9.94. The molecule has 3 nitrogen and oxygen atoms in total. The number of rotatable bonds is 5. The van der Waals surface area contributed by atoms with Crippen LogP contribution in [0.2, 0.25) is 0 Å². The van der Waals surface area contributed by atoms with Crippen LogP contribution in [-0.4, -0.2) is 10.3 Å². The highest BCUT2D eigenvalue weighted by Crippen LogP contribution is 2.28. The number of halogens is 2. The molecular weight excluding hydrogens is 305 g/mol. The lowest BCUT2D eigenvalue weighted by Gasteiger charge is -2.17. The third-order valence-corrected chi connectivity index (χ3v) is 4.00. The minimum atomic E-state index is -0.393. The van der Waals surface area contributed by atoms with Gasteiger partial charge in [-0.3, -0.25) is 10.1 Å². The zero-order valence-electron chi connectivity index (χ0n) is 9.82. The first-order valence-electron chi connectivity index (χ1n) is 5.52. The van der Waals surface area contributed by atoms with E-state index in [9.17, 15) is 10.1 Å². The van der Waals surface area contributed by atoms with Crippen molar-refractivity contribution >= 4 is 33.2 Å². The molecule has 0 radical (unpaired) electrons. The van der Waals surface area contributed by atoms with E-state index in [1.807, 2.05) is 6.92 Å². The molecule has 2 atom stereocenters. The highest BCUT2D eigenvalue weighted by atomic mass is 79.9. The molecule has 0 saturated heterocycles. The Hall–Kier alpha value is -0.610. The average Bonchev–Trinajstić information content (AvgIpc) is 2.26. The standard InChI is InChI=1S/C12H15BrClNO2/c1-3-9(8(2)14)6-10-4-5-11(15(16)17)7-12(10)13/h4-5,7-9H,3,6H2,1-2H3. The molecular formula is C12H15BrClNO2. The maximum atomic E-state index is 10.6. The normalized spacial score (nSPS) is 14.4. The Balaban J connectivity index is 2.89. The van der Waals surface area contributed by atoms with Crippen molar-refractivity contribution in [2.75, 3.05) is 0 Å². The maximum Gasteiger partial charge on any atom is 0.270 e. The molecule has 5 heteroatoms. The first kappa shape index (κ1) is 14.5. The quantitative estimate of drug-likeness (QED) is 0.453. The summed E-state index contributed by atoms with van der Waals surface area (Å²) in [6.07, 6.45) is 1.83. The van der Waals surface area contributed by atoms with E-state index in [-0.39, 0.29) is 11.1 Å². The molecule has 0 spiro atoms. The molecule has 0 heterocycles. The van der Waals surface area contributed by atoms with Crippen LogP contribution in [0.4, 0.5) is 5.69 Å². The number of benzene rings is 1. The summed E-state index contributed by atoms with van der Waals surface area (Å²) in [4.78, 5) is 10.2. The number of nitro groups is 1. The Morgan fingerprint density at radius 1 is 1.53 bits per heavy atom. The number of hydrogen-bond acceptors (Lipinski definition) is 2. The van der Waals surface area contributed by atoms with Crippen LogP contribution in [0.25, 0.3) is 0 Å². The lowest BCUT2D eigenvalue weighted by molar-refractivity contribution is -0.384. The van der Waals surface area contributed by atoms with Crippen LogP contribution in [0.15, 0.2) is 22.7 Å². The number of alkyl halides is 1. The zero-order chi connectivity index (χ0) is 13.0. The molecule has 0 aromatic heterocycles. The van der Waals surface area contributed by atoms with Crippen molar-refractivity contribution in [2.24, 2.45) is 5.92 Å². The van der Waals surface area contributed by atoms with E-state index in [0.29, 0.717) is 5.92 Å². The molecule has 0 aliphatic heterocycles. The fourth-order valence-corrected chi connectivity index (χ4v) is 2.53. The van der Waals surface area contributed by atoms with Crippen LogP contribution < -0.4 is 0 Å². The minimum Gasteiger partial charge on any atom is -0.258 e. The molecule has 2 unspecified atom stereocenters. The summed E-state index contributed by atoms with van der Waals surface area (Å²) in [7, 11) is 0. The molecule has 0 N–H and O–H groups in total. The van der Waals surface area contributed by atoms with Gasteiger partial charge >= 0.3 is 0 Å². The number of hydrogen-bond donors (Lipinski definition) is 0. The molecule has 0 amide bonds. The monoisotopic (exact) mass is 319 g/mol. The molecule has 1 aromatic carbocycles. The number of non-ortho nitro benzene ring substituents is 1. The molecule has 94 valence electrons. The summed E-state index contributed by atoms with van der Waals surface area (Å²) in [6, 6.07) is 4.87. The van der Waals surface area contributed by atoms with E-state index >= 15 is 0 Å². The summed E-state index contributed by atoms with van der Waals surface area (Å²) in [5, 5.41) is 10.7. The van der Waals surface area contributed by atoms with E-state index in [2.05, 4.69) is 22.9 Å². The van der Waals surface area contributed by atoms with Gasteiger partial charge in [0.05, 0.1) is 4.92 Å². The summed E-state index contributed by atoms with van der Waals surface area (Å²) in [5.41, 5.74) is 1.17. The third-order valence-electron chi connectivity index (χ3n) is 2.90. The largest absolute Gasteiger partial charge is 0.270 e. The van der Waals surface area contributed by atoms with Crippen LogP contribution in [0, 0.1) is 16.0 Å². The Labute approximate surface area is 114 Å². The second kappa shape index (κ2) is 6.36. The van der Waals surface area contributed by atoms with Gasteiger partial charge in [0.25, 0.3) is 5.69 Å². The summed E-state index contributed by atoms with van der Waals surface area (Å²) in [5.74, 6) is 0.384. The highest BCUT2D eigenvalue weighted by Gasteiger charge is 2.16. The summed E-state index contributed by atoms with van der Waals surface area (Å²) >= 11 is 9.48. The van der Waals surface area contributed by atoms with Crippen LogP contribution in [0.1, 0.15) is 25.8 Å². The fourth-order valence-electron chi connectivity index (χ4n) is 1.73. The van der Waals surface area contributed by atoms with Gasteiger partial charge in [0.2, 0.25) is 0 Å². The third kappa shape index (κ3) is 3.96. The van der Waals surface area contributed by atoms with Crippen molar-refractivity contribution in [1.82, 2.24) is 0 Å². The molecule has 1 aromatic rings. The van der Waals surface area contributed by atoms with Crippen molar-refractivity contribution < 1.29 is 4.92 Å². The molecule has 0 aliphatic carbocycles. The Kier molecular flexibility index (Phi) is 5.40. The molecule has 0 aliphatic rings. The predicted molar refractivity (Wildman–Crippen MR) is 73.6 cm³/mol. The fraction of sp³-hybridized carbons (Fsp3) is 0.500. The van der Waals surface area contributed by atoms with Crippen LogP contribution >= 0.6 is 27.5 Å². The Morgan fingerprint density at radius 2 is 2.18 bits per heavy atom. The smallest absolute Gasteiger partial charge is 0.258 e. The molecule has 1 rings (SSSR count). The minimum absolute atomic E-state index is 0.0992. The van der Waals surface area contributed by atoms with Gasteiger partial charge < -0.3 is 0 Å². The first-order valence-corrected chi connectivity index (χ1v) is 6.75. The van der Waals surface area contributed by atoms with Gasteiger partial charge in [-0.05, 0) is 24.8 Å². The highest BCUT2D eigenvalue weighted by molar-refractivity contribution is 9.10. The van der Waals surface area contributed by atoms with Gasteiger partial charge in [0.1, 0.15) is 0 Å². The van der Waals surface area contributed by atoms with E-state index in [4.69, 9.17) is 11.6 Å². The molecule has 0 bridgehead atoms. The maximum absolute atomic E-state index is 10.6. The lowest BCUT2D eigenvalue weighted by Crippen LogP contribution is -2.13. The van der Waals surface area contributed by atoms with Crippen LogP contribution in [0.3, 0.4) is 0 Å². The Morgan fingerprint density at radius 3 is 2.59 bits per heavy atom. The van der Waals surface area contributed by atoms with Crippen molar-refractivity contribution in [2.45, 2.75) is 32.1 Å². The van der Waals surface area contributed by atoms with Crippen molar-refractivity contribution in [3.05, 3.63) is 38.3 Å².